The van der Waals surface area contributed by atoms with Crippen molar-refractivity contribution in [3.63, 3.8) is 0 Å². The summed E-state index contributed by atoms with van der Waals surface area (Å²) in [4.78, 5) is 33.9. The van der Waals surface area contributed by atoms with Gasteiger partial charge in [-0.15, -0.1) is 0 Å². The van der Waals surface area contributed by atoms with Gasteiger partial charge in [-0.2, -0.15) is 0 Å². The average molecular weight is 369 g/mol. The van der Waals surface area contributed by atoms with Crippen LogP contribution in [0.2, 0.25) is 0 Å². The second-order valence-electron chi connectivity index (χ2n) is 6.70. The molecule has 142 valence electrons. The molecule has 0 spiro atoms. The zero-order valence-electron chi connectivity index (χ0n) is 15.5. The van der Waals surface area contributed by atoms with Crippen LogP contribution in [0, 0.1) is 6.92 Å². The number of carbonyl (C=O) groups excluding carboxylic acids is 1. The highest BCUT2D eigenvalue weighted by Crippen LogP contribution is 2.29. The molecule has 1 fully saturated rings. The predicted octanol–water partition coefficient (Wildman–Crippen LogP) is 2.50. The first kappa shape index (κ1) is 19.0. The lowest BCUT2D eigenvalue weighted by Gasteiger charge is -2.31. The van der Waals surface area contributed by atoms with Gasteiger partial charge in [0.15, 0.2) is 0 Å². The van der Waals surface area contributed by atoms with Crippen LogP contribution in [0.25, 0.3) is 11.3 Å². The molecule has 1 aromatic heterocycles. The highest BCUT2D eigenvalue weighted by Gasteiger charge is 2.25. The Balaban J connectivity index is 1.76. The van der Waals surface area contributed by atoms with E-state index in [0.29, 0.717) is 18.9 Å². The summed E-state index contributed by atoms with van der Waals surface area (Å²) in [6.45, 7) is 3.36. The van der Waals surface area contributed by atoms with Gasteiger partial charge >= 0.3 is 5.97 Å². The number of rotatable bonds is 5. The third kappa shape index (κ3) is 4.49. The van der Waals surface area contributed by atoms with Gasteiger partial charge in [0.1, 0.15) is 12.4 Å². The minimum atomic E-state index is -0.948. The van der Waals surface area contributed by atoms with E-state index in [0.717, 1.165) is 29.8 Å². The minimum Gasteiger partial charge on any atom is -0.478 e. The average Bonchev–Trinajstić information content (AvgIpc) is 2.68. The first-order valence-corrected chi connectivity index (χ1v) is 8.94. The van der Waals surface area contributed by atoms with Crippen LogP contribution in [0.1, 0.15) is 40.6 Å². The first-order valence-electron chi connectivity index (χ1n) is 8.94. The summed E-state index contributed by atoms with van der Waals surface area (Å²) >= 11 is 0. The van der Waals surface area contributed by atoms with Gasteiger partial charge in [-0.05, 0) is 38.0 Å². The second-order valence-corrected chi connectivity index (χ2v) is 6.70. The zero-order chi connectivity index (χ0) is 19.4. The number of hydrogen-bond donors (Lipinski definition) is 1. The summed E-state index contributed by atoms with van der Waals surface area (Å²) in [5.74, 6) is 0.0305. The van der Waals surface area contributed by atoms with Gasteiger partial charge in [-0.1, -0.05) is 12.1 Å². The molecular weight excluding hydrogens is 346 g/mol. The number of benzene rings is 1. The van der Waals surface area contributed by atoms with E-state index in [1.807, 2.05) is 17.9 Å². The van der Waals surface area contributed by atoms with E-state index in [1.165, 1.54) is 7.11 Å². The summed E-state index contributed by atoms with van der Waals surface area (Å²) in [6, 6.07) is 8.66. The van der Waals surface area contributed by atoms with Crippen LogP contribution in [-0.2, 0) is 9.53 Å². The van der Waals surface area contributed by atoms with E-state index in [-0.39, 0.29) is 24.0 Å². The van der Waals surface area contributed by atoms with Gasteiger partial charge < -0.3 is 14.7 Å². The first-order chi connectivity index (χ1) is 13.0. The van der Waals surface area contributed by atoms with E-state index in [4.69, 9.17) is 9.84 Å². The number of hydrogen-bond acceptors (Lipinski definition) is 5. The normalized spacial score (nSPS) is 15.0. The van der Waals surface area contributed by atoms with E-state index in [2.05, 4.69) is 9.97 Å². The maximum Gasteiger partial charge on any atom is 0.335 e. The maximum atomic E-state index is 11.9. The molecule has 2 aromatic rings. The number of likely N-dealkylation sites (tertiary alicyclic amines) is 1. The number of methoxy groups -OCH3 is 1. The van der Waals surface area contributed by atoms with Crippen molar-refractivity contribution in [1.82, 2.24) is 14.9 Å². The monoisotopic (exact) mass is 369 g/mol. The fourth-order valence-corrected chi connectivity index (χ4v) is 3.37. The lowest BCUT2D eigenvalue weighted by atomic mass is 9.92. The topological polar surface area (TPSA) is 92.6 Å². The van der Waals surface area contributed by atoms with E-state index < -0.39 is 5.97 Å². The Labute approximate surface area is 158 Å². The number of carboxylic acid groups (broad SMARTS) is 1. The standard InChI is InChI=1S/C20H23N3O4/c1-13-21-17(14-3-5-16(6-4-14)20(25)26)11-18(22-13)15-7-9-23(10-8-15)19(24)12-27-2/h3-6,11,15H,7-10,12H2,1-2H3,(H,25,26). The Kier molecular flexibility index (Phi) is 5.81. The molecule has 7 nitrogen and oxygen atoms in total. The Hall–Kier alpha value is -2.80. The van der Waals surface area contributed by atoms with Crippen molar-refractivity contribution in [3.05, 3.63) is 47.4 Å². The second kappa shape index (κ2) is 8.26. The Morgan fingerprint density at radius 2 is 1.85 bits per heavy atom. The van der Waals surface area contributed by atoms with Crippen molar-refractivity contribution in [2.75, 3.05) is 26.8 Å². The van der Waals surface area contributed by atoms with Crippen molar-refractivity contribution < 1.29 is 19.4 Å². The van der Waals surface area contributed by atoms with Crippen LogP contribution in [-0.4, -0.2) is 58.7 Å². The minimum absolute atomic E-state index is 0.0222. The lowest BCUT2D eigenvalue weighted by molar-refractivity contribution is -0.136. The van der Waals surface area contributed by atoms with E-state index in [9.17, 15) is 9.59 Å². The zero-order valence-corrected chi connectivity index (χ0v) is 15.5. The van der Waals surface area contributed by atoms with Gasteiger partial charge in [0.2, 0.25) is 5.91 Å². The summed E-state index contributed by atoms with van der Waals surface area (Å²) in [5.41, 5.74) is 2.86. The summed E-state index contributed by atoms with van der Waals surface area (Å²) in [5, 5.41) is 9.04. The number of carbonyl (C=O) groups is 2. The molecule has 0 radical (unpaired) electrons. The third-order valence-electron chi connectivity index (χ3n) is 4.82. The highest BCUT2D eigenvalue weighted by molar-refractivity contribution is 5.88. The van der Waals surface area contributed by atoms with Gasteiger partial charge in [0.05, 0.1) is 11.3 Å². The quantitative estimate of drug-likeness (QED) is 0.870. The molecule has 0 atom stereocenters. The van der Waals surface area contributed by atoms with E-state index >= 15 is 0 Å². The smallest absolute Gasteiger partial charge is 0.335 e. The van der Waals surface area contributed by atoms with Crippen LogP contribution < -0.4 is 0 Å². The molecule has 2 heterocycles. The van der Waals surface area contributed by atoms with Gasteiger partial charge in [0.25, 0.3) is 0 Å². The number of nitrogens with zero attached hydrogens (tertiary/aromatic N) is 3. The van der Waals surface area contributed by atoms with Crippen LogP contribution in [0.4, 0.5) is 0 Å². The number of aromatic carboxylic acids is 1. The molecule has 0 bridgehead atoms. The number of aryl methyl sites for hydroxylation is 1. The van der Waals surface area contributed by atoms with Crippen molar-refractivity contribution in [2.45, 2.75) is 25.7 Å². The highest BCUT2D eigenvalue weighted by atomic mass is 16.5. The molecule has 1 aliphatic rings. The van der Waals surface area contributed by atoms with E-state index in [1.54, 1.807) is 24.3 Å². The van der Waals surface area contributed by atoms with Crippen molar-refractivity contribution in [2.24, 2.45) is 0 Å². The molecule has 1 amide bonds. The number of ether oxygens (including phenoxy) is 1. The number of piperidine rings is 1. The van der Waals surface area contributed by atoms with Crippen LogP contribution in [0.5, 0.6) is 0 Å². The van der Waals surface area contributed by atoms with Crippen molar-refractivity contribution in [3.8, 4) is 11.3 Å². The number of amides is 1. The lowest BCUT2D eigenvalue weighted by Crippen LogP contribution is -2.39. The van der Waals surface area contributed by atoms with Crippen LogP contribution >= 0.6 is 0 Å². The molecule has 0 saturated carbocycles. The molecular formula is C20H23N3O4. The van der Waals surface area contributed by atoms with Gasteiger partial charge in [-0.25, -0.2) is 14.8 Å². The van der Waals surface area contributed by atoms with Crippen molar-refractivity contribution >= 4 is 11.9 Å². The van der Waals surface area contributed by atoms with Crippen LogP contribution in [0.15, 0.2) is 30.3 Å². The molecule has 1 aromatic carbocycles. The molecule has 27 heavy (non-hydrogen) atoms. The summed E-state index contributed by atoms with van der Waals surface area (Å²) < 4.78 is 4.92. The molecule has 3 rings (SSSR count). The molecule has 1 N–H and O–H groups in total. The third-order valence-corrected chi connectivity index (χ3v) is 4.82. The molecule has 0 aliphatic carbocycles. The number of carboxylic acids is 1. The van der Waals surface area contributed by atoms with Gasteiger partial charge in [-0.3, -0.25) is 4.79 Å². The largest absolute Gasteiger partial charge is 0.478 e. The molecule has 1 saturated heterocycles. The molecule has 1 aliphatic heterocycles. The van der Waals surface area contributed by atoms with Crippen LogP contribution in [0.3, 0.4) is 0 Å². The molecule has 7 heteroatoms. The summed E-state index contributed by atoms with van der Waals surface area (Å²) in [7, 11) is 1.53. The molecule has 0 unspecified atom stereocenters. The fraction of sp³-hybridized carbons (Fsp3) is 0.400. The van der Waals surface area contributed by atoms with Gasteiger partial charge in [0, 0.05) is 37.4 Å². The predicted molar refractivity (Wildman–Crippen MR) is 99.6 cm³/mol. The maximum absolute atomic E-state index is 11.9. The Morgan fingerprint density at radius 3 is 2.44 bits per heavy atom. The van der Waals surface area contributed by atoms with Crippen molar-refractivity contribution in [1.29, 1.82) is 0 Å². The summed E-state index contributed by atoms with van der Waals surface area (Å²) in [6.07, 6.45) is 1.70. The number of aromatic nitrogens is 2. The SMILES string of the molecule is COCC(=O)N1CCC(c2cc(-c3ccc(C(=O)O)cc3)nc(C)n2)CC1. The Morgan fingerprint density at radius 1 is 1.19 bits per heavy atom. The Bertz CT molecular complexity index is 828. The fourth-order valence-electron chi connectivity index (χ4n) is 3.37.